The number of amides is 2. The summed E-state index contributed by atoms with van der Waals surface area (Å²) < 4.78 is 50.5. The van der Waals surface area contributed by atoms with Gasteiger partial charge < -0.3 is 25.8 Å². The van der Waals surface area contributed by atoms with Crippen molar-refractivity contribution in [1.82, 2.24) is 9.88 Å². The highest BCUT2D eigenvalue weighted by molar-refractivity contribution is 7.91. The number of primary amides is 1. The molecule has 2 amide bonds. The van der Waals surface area contributed by atoms with E-state index in [0.29, 0.717) is 11.6 Å². The first-order chi connectivity index (χ1) is 17.6. The summed E-state index contributed by atoms with van der Waals surface area (Å²) in [4.78, 5) is 29.1. The molecule has 4 N–H and O–H groups in total. The number of benzene rings is 2. The normalized spacial score (nSPS) is 13.3. The molecule has 0 bridgehead atoms. The lowest BCUT2D eigenvalue weighted by molar-refractivity contribution is 0.0731. The minimum Gasteiger partial charge on any atom is -0.491 e. The van der Waals surface area contributed by atoms with Crippen LogP contribution in [0.3, 0.4) is 0 Å². The fraction of sp³-hybridized carbons (Fsp3) is 0.240. The molecule has 4 rings (SSSR count). The van der Waals surface area contributed by atoms with E-state index < -0.39 is 44.9 Å². The molecule has 2 heterocycles. The molecule has 3 aromatic rings. The van der Waals surface area contributed by atoms with Crippen LogP contribution in [0.5, 0.6) is 5.75 Å². The second-order valence-corrected chi connectivity index (χ2v) is 10.5. The summed E-state index contributed by atoms with van der Waals surface area (Å²) in [6, 6.07) is 11.5. The number of nitrogens with zero attached hydrogens (tertiary/aromatic N) is 2. The van der Waals surface area contributed by atoms with Crippen LogP contribution < -0.4 is 16.2 Å². The zero-order chi connectivity index (χ0) is 26.7. The second kappa shape index (κ2) is 10.4. The summed E-state index contributed by atoms with van der Waals surface area (Å²) in [5.74, 6) is -1.11. The maximum absolute atomic E-state index is 15.1. The van der Waals surface area contributed by atoms with E-state index in [4.69, 9.17) is 16.2 Å². The molecule has 0 aliphatic carbocycles. The number of nitrogen functional groups attached to an aromatic ring is 1. The van der Waals surface area contributed by atoms with Crippen molar-refractivity contribution in [3.8, 4) is 16.9 Å². The smallest absolute Gasteiger partial charge is 0.404 e. The first-order valence-corrected chi connectivity index (χ1v) is 12.9. The first kappa shape index (κ1) is 25.9. The highest BCUT2D eigenvalue weighted by atomic mass is 32.2. The van der Waals surface area contributed by atoms with Gasteiger partial charge in [0, 0.05) is 29.4 Å². The second-order valence-electron chi connectivity index (χ2n) is 8.41. The van der Waals surface area contributed by atoms with Gasteiger partial charge in [0.15, 0.2) is 9.84 Å². The summed E-state index contributed by atoms with van der Waals surface area (Å²) in [5, 5.41) is 0. The van der Waals surface area contributed by atoms with Crippen molar-refractivity contribution in [2.45, 2.75) is 18.4 Å². The number of rotatable bonds is 6. The van der Waals surface area contributed by atoms with Crippen molar-refractivity contribution in [2.75, 3.05) is 31.2 Å². The lowest BCUT2D eigenvalue weighted by Crippen LogP contribution is -2.33. The predicted octanol–water partition coefficient (Wildman–Crippen LogP) is 2.68. The molecule has 0 fully saturated rings. The molecule has 1 aliphatic heterocycles. The predicted molar refractivity (Wildman–Crippen MR) is 133 cm³/mol. The Bertz CT molecular complexity index is 1460. The molecule has 10 nitrogen and oxygen atoms in total. The van der Waals surface area contributed by atoms with E-state index in [0.717, 1.165) is 22.8 Å². The van der Waals surface area contributed by atoms with Crippen LogP contribution in [0.2, 0.25) is 0 Å². The van der Waals surface area contributed by atoms with Crippen molar-refractivity contribution in [3.63, 3.8) is 0 Å². The van der Waals surface area contributed by atoms with Crippen molar-refractivity contribution in [1.29, 1.82) is 0 Å². The van der Waals surface area contributed by atoms with E-state index in [1.165, 1.54) is 17.9 Å². The molecule has 194 valence electrons. The zero-order valence-corrected chi connectivity index (χ0v) is 20.8. The molecule has 2 aromatic carbocycles. The topological polar surface area (TPSA) is 155 Å². The maximum Gasteiger partial charge on any atom is 0.404 e. The van der Waals surface area contributed by atoms with Crippen LogP contribution in [-0.2, 0) is 21.1 Å². The Hall–Kier alpha value is -4.19. The average Bonchev–Trinajstić information content (AvgIpc) is 3.07. The summed E-state index contributed by atoms with van der Waals surface area (Å²) in [5.41, 5.74) is 12.9. The number of carbonyl (C=O) groups is 2. The molecule has 0 unspecified atom stereocenters. The lowest BCUT2D eigenvalue weighted by Gasteiger charge is -2.22. The number of nitrogens with two attached hydrogens (primary N) is 2. The molecular formula is C25H25FN4O6S. The van der Waals surface area contributed by atoms with Gasteiger partial charge >= 0.3 is 6.09 Å². The van der Waals surface area contributed by atoms with Gasteiger partial charge in [-0.15, -0.1) is 0 Å². The Labute approximate surface area is 212 Å². The van der Waals surface area contributed by atoms with E-state index in [1.807, 2.05) is 24.3 Å². The van der Waals surface area contributed by atoms with Crippen molar-refractivity contribution in [3.05, 3.63) is 71.2 Å². The lowest BCUT2D eigenvalue weighted by atomic mass is 10.0. The molecule has 1 aliphatic rings. The molecule has 0 saturated heterocycles. The number of aromatic nitrogens is 1. The van der Waals surface area contributed by atoms with Gasteiger partial charge in [-0.3, -0.25) is 4.79 Å². The summed E-state index contributed by atoms with van der Waals surface area (Å²) >= 11 is 0. The minimum absolute atomic E-state index is 0.0344. The van der Waals surface area contributed by atoms with Crippen LogP contribution in [0.4, 0.5) is 15.0 Å². The number of hydrogen-bond acceptors (Lipinski definition) is 8. The van der Waals surface area contributed by atoms with Crippen LogP contribution >= 0.6 is 0 Å². The third-order valence-electron chi connectivity index (χ3n) is 5.96. The van der Waals surface area contributed by atoms with Gasteiger partial charge in [-0.1, -0.05) is 6.07 Å². The minimum atomic E-state index is -4.12. The van der Waals surface area contributed by atoms with E-state index in [2.05, 4.69) is 9.72 Å². The van der Waals surface area contributed by atoms with Gasteiger partial charge in [-0.05, 0) is 54.4 Å². The van der Waals surface area contributed by atoms with Crippen LogP contribution in [0.1, 0.15) is 21.5 Å². The molecule has 37 heavy (non-hydrogen) atoms. The Morgan fingerprint density at radius 2 is 1.92 bits per heavy atom. The van der Waals surface area contributed by atoms with Gasteiger partial charge in [0.25, 0.3) is 5.91 Å². The highest BCUT2D eigenvalue weighted by Gasteiger charge is 2.27. The molecule has 0 atom stereocenters. The number of fused-ring (bicyclic) bond motifs is 1. The number of halogens is 1. The molecule has 1 aromatic heterocycles. The monoisotopic (exact) mass is 528 g/mol. The van der Waals surface area contributed by atoms with Crippen LogP contribution in [0.25, 0.3) is 11.1 Å². The third kappa shape index (κ3) is 5.64. The fourth-order valence-corrected chi connectivity index (χ4v) is 5.21. The van der Waals surface area contributed by atoms with Gasteiger partial charge in [-0.2, -0.15) is 0 Å². The molecule has 0 spiro atoms. The van der Waals surface area contributed by atoms with Gasteiger partial charge in [-0.25, -0.2) is 22.6 Å². The number of sulfone groups is 1. The van der Waals surface area contributed by atoms with Gasteiger partial charge in [0.05, 0.1) is 12.3 Å². The van der Waals surface area contributed by atoms with E-state index in [9.17, 15) is 18.0 Å². The number of pyridine rings is 1. The van der Waals surface area contributed by atoms with E-state index in [-0.39, 0.29) is 30.8 Å². The molecule has 0 radical (unpaired) electrons. The van der Waals surface area contributed by atoms with Crippen LogP contribution in [0.15, 0.2) is 53.6 Å². The molecule has 12 heteroatoms. The largest absolute Gasteiger partial charge is 0.491 e. The standard InChI is InChI=1S/C25H25FN4O6S/c1-15-19(4-6-21(23(15)26)37(33,34)11-10-36-25(28)32)24(31)30-8-9-35-20-5-2-16(12-18(20)14-30)17-3-7-22(27)29-13-17/h2-7,12-13H,8-11,14H2,1H3,(H2,27,29)(H2,28,32). The highest BCUT2D eigenvalue weighted by Crippen LogP contribution is 2.30. The number of anilines is 1. The van der Waals surface area contributed by atoms with Crippen molar-refractivity contribution in [2.24, 2.45) is 5.73 Å². The SMILES string of the molecule is Cc1c(C(=O)N2CCOc3ccc(-c4ccc(N)nc4)cc3C2)ccc(S(=O)(=O)CCOC(N)=O)c1F. The Morgan fingerprint density at radius 3 is 2.62 bits per heavy atom. The summed E-state index contributed by atoms with van der Waals surface area (Å²) in [7, 11) is -4.12. The molecular weight excluding hydrogens is 503 g/mol. The first-order valence-electron chi connectivity index (χ1n) is 11.3. The van der Waals surface area contributed by atoms with Crippen molar-refractivity contribution < 1.29 is 31.9 Å². The fourth-order valence-electron chi connectivity index (χ4n) is 3.99. The summed E-state index contributed by atoms with van der Waals surface area (Å²) in [6.07, 6.45) is 0.521. The maximum atomic E-state index is 15.1. The average molecular weight is 529 g/mol. The molecule has 0 saturated carbocycles. The third-order valence-corrected chi connectivity index (χ3v) is 7.65. The number of ether oxygens (including phenoxy) is 2. The van der Waals surface area contributed by atoms with Crippen molar-refractivity contribution >= 4 is 27.7 Å². The quantitative estimate of drug-likeness (QED) is 0.495. The van der Waals surface area contributed by atoms with Gasteiger partial charge in [0.1, 0.15) is 35.5 Å². The zero-order valence-electron chi connectivity index (χ0n) is 19.9. The van der Waals surface area contributed by atoms with Crippen LogP contribution in [0, 0.1) is 12.7 Å². The van der Waals surface area contributed by atoms with E-state index in [1.54, 1.807) is 12.3 Å². The van der Waals surface area contributed by atoms with E-state index >= 15 is 4.39 Å². The number of hydrogen-bond donors (Lipinski definition) is 2. The summed E-state index contributed by atoms with van der Waals surface area (Å²) in [6.45, 7) is 1.51. The van der Waals surface area contributed by atoms with Crippen LogP contribution in [-0.4, -0.2) is 55.8 Å². The Kier molecular flexibility index (Phi) is 7.30. The number of carbonyl (C=O) groups excluding carboxylic acids is 2. The van der Waals surface area contributed by atoms with Gasteiger partial charge in [0.2, 0.25) is 0 Å². The Balaban J connectivity index is 1.58. The Morgan fingerprint density at radius 1 is 1.16 bits per heavy atom.